The largest absolute Gasteiger partial charge is 0.481 e. The molecule has 5 nitrogen and oxygen atoms in total. The van der Waals surface area contributed by atoms with E-state index in [2.05, 4.69) is 5.32 Å². The van der Waals surface area contributed by atoms with E-state index >= 15 is 0 Å². The molecule has 1 fully saturated rings. The van der Waals surface area contributed by atoms with Crippen LogP contribution in [0.1, 0.15) is 46.0 Å². The van der Waals surface area contributed by atoms with Crippen LogP contribution < -0.4 is 5.32 Å². The summed E-state index contributed by atoms with van der Waals surface area (Å²) in [6, 6.07) is 0. The van der Waals surface area contributed by atoms with Crippen LogP contribution in [0.2, 0.25) is 0 Å². The van der Waals surface area contributed by atoms with E-state index in [0.29, 0.717) is 19.3 Å². The molecule has 5 heteroatoms. The van der Waals surface area contributed by atoms with Crippen molar-refractivity contribution in [1.29, 1.82) is 0 Å². The third kappa shape index (κ3) is 2.83. The molecule has 0 radical (unpaired) electrons. The molecule has 0 aliphatic heterocycles. The summed E-state index contributed by atoms with van der Waals surface area (Å²) >= 11 is 0. The van der Waals surface area contributed by atoms with Crippen molar-refractivity contribution in [2.45, 2.75) is 51.6 Å². The molecule has 0 spiro atoms. The Labute approximate surface area is 108 Å². The summed E-state index contributed by atoms with van der Waals surface area (Å²) in [6.07, 6.45) is 3.65. The number of amides is 1. The van der Waals surface area contributed by atoms with Crippen LogP contribution in [-0.2, 0) is 14.3 Å². The monoisotopic (exact) mass is 257 g/mol. The zero-order valence-corrected chi connectivity index (χ0v) is 11.4. The predicted octanol–water partition coefficient (Wildman–Crippen LogP) is 1.56. The van der Waals surface area contributed by atoms with E-state index in [1.807, 2.05) is 6.92 Å². The van der Waals surface area contributed by atoms with Gasteiger partial charge in [0, 0.05) is 13.7 Å². The van der Waals surface area contributed by atoms with Crippen molar-refractivity contribution in [1.82, 2.24) is 5.32 Å². The second-order valence-corrected chi connectivity index (χ2v) is 5.26. The molecule has 0 saturated heterocycles. The summed E-state index contributed by atoms with van der Waals surface area (Å²) in [4.78, 5) is 23.4. The van der Waals surface area contributed by atoms with Crippen LogP contribution in [0.4, 0.5) is 0 Å². The first-order valence-electron chi connectivity index (χ1n) is 6.47. The number of carboxylic acids is 1. The number of methoxy groups -OCH3 is 1. The van der Waals surface area contributed by atoms with Crippen molar-refractivity contribution in [2.24, 2.45) is 5.41 Å². The van der Waals surface area contributed by atoms with Crippen LogP contribution in [0.3, 0.4) is 0 Å². The second-order valence-electron chi connectivity index (χ2n) is 5.26. The minimum atomic E-state index is -0.877. The van der Waals surface area contributed by atoms with Crippen molar-refractivity contribution in [2.75, 3.05) is 13.7 Å². The number of aliphatic carboxylic acids is 1. The highest BCUT2D eigenvalue weighted by Gasteiger charge is 2.42. The number of nitrogens with one attached hydrogen (secondary N) is 1. The van der Waals surface area contributed by atoms with Gasteiger partial charge in [0.15, 0.2) is 0 Å². The predicted molar refractivity (Wildman–Crippen MR) is 67.3 cm³/mol. The molecular formula is C13H23NO4. The van der Waals surface area contributed by atoms with Crippen LogP contribution in [0.5, 0.6) is 0 Å². The average molecular weight is 257 g/mol. The van der Waals surface area contributed by atoms with Crippen LogP contribution in [-0.4, -0.2) is 36.2 Å². The maximum atomic E-state index is 12.0. The number of rotatable bonds is 6. The summed E-state index contributed by atoms with van der Waals surface area (Å²) in [5.74, 6) is -1.05. The molecule has 1 rings (SSSR count). The fraction of sp³-hybridized carbons (Fsp3) is 0.846. The summed E-state index contributed by atoms with van der Waals surface area (Å²) in [5, 5.41) is 12.1. The highest BCUT2D eigenvalue weighted by atomic mass is 16.5. The first-order valence-corrected chi connectivity index (χ1v) is 6.47. The lowest BCUT2D eigenvalue weighted by Gasteiger charge is -2.29. The Hall–Kier alpha value is -1.10. The van der Waals surface area contributed by atoms with Gasteiger partial charge in [-0.05, 0) is 26.2 Å². The smallest absolute Gasteiger partial charge is 0.311 e. The minimum absolute atomic E-state index is 0.195. The Kier molecular flexibility index (Phi) is 4.73. The molecule has 1 aliphatic carbocycles. The van der Waals surface area contributed by atoms with Gasteiger partial charge in [-0.25, -0.2) is 0 Å². The van der Waals surface area contributed by atoms with E-state index in [1.165, 1.54) is 7.11 Å². The summed E-state index contributed by atoms with van der Waals surface area (Å²) in [7, 11) is 1.49. The van der Waals surface area contributed by atoms with Gasteiger partial charge in [0.1, 0.15) is 5.60 Å². The summed E-state index contributed by atoms with van der Waals surface area (Å²) < 4.78 is 5.20. The topological polar surface area (TPSA) is 75.6 Å². The molecule has 1 saturated carbocycles. The zero-order valence-electron chi connectivity index (χ0n) is 11.4. The molecule has 18 heavy (non-hydrogen) atoms. The lowest BCUT2D eigenvalue weighted by molar-refractivity contribution is -0.150. The van der Waals surface area contributed by atoms with E-state index < -0.39 is 17.0 Å². The van der Waals surface area contributed by atoms with Gasteiger partial charge in [0.25, 0.3) is 5.91 Å². The first-order chi connectivity index (χ1) is 8.40. The minimum Gasteiger partial charge on any atom is -0.481 e. The van der Waals surface area contributed by atoms with E-state index in [0.717, 1.165) is 12.8 Å². The number of carbonyl (C=O) groups is 2. The zero-order chi connectivity index (χ0) is 13.8. The Morgan fingerprint density at radius 2 is 1.94 bits per heavy atom. The van der Waals surface area contributed by atoms with Gasteiger partial charge in [-0.2, -0.15) is 0 Å². The molecule has 0 aromatic rings. The van der Waals surface area contributed by atoms with Crippen LogP contribution >= 0.6 is 0 Å². The highest BCUT2D eigenvalue weighted by molar-refractivity contribution is 5.85. The van der Waals surface area contributed by atoms with E-state index in [-0.39, 0.29) is 12.5 Å². The first kappa shape index (κ1) is 15.0. The van der Waals surface area contributed by atoms with Crippen LogP contribution in [0.25, 0.3) is 0 Å². The molecule has 0 heterocycles. The molecule has 1 aliphatic rings. The lowest BCUT2D eigenvalue weighted by Crippen LogP contribution is -2.50. The average Bonchev–Trinajstić information content (AvgIpc) is 2.85. The number of ether oxygens (including phenoxy) is 1. The molecule has 1 unspecified atom stereocenters. The number of hydrogen-bond donors (Lipinski definition) is 2. The van der Waals surface area contributed by atoms with Crippen molar-refractivity contribution < 1.29 is 19.4 Å². The van der Waals surface area contributed by atoms with Crippen LogP contribution in [0, 0.1) is 5.41 Å². The lowest BCUT2D eigenvalue weighted by atomic mass is 9.86. The number of carbonyl (C=O) groups excluding carboxylic acids is 1. The van der Waals surface area contributed by atoms with Gasteiger partial charge in [-0.15, -0.1) is 0 Å². The third-order valence-corrected chi connectivity index (χ3v) is 4.21. The van der Waals surface area contributed by atoms with Crippen LogP contribution in [0.15, 0.2) is 0 Å². The van der Waals surface area contributed by atoms with Gasteiger partial charge < -0.3 is 15.2 Å². The third-order valence-electron chi connectivity index (χ3n) is 4.21. The van der Waals surface area contributed by atoms with E-state index in [1.54, 1.807) is 6.92 Å². The van der Waals surface area contributed by atoms with E-state index in [9.17, 15) is 14.7 Å². The van der Waals surface area contributed by atoms with Gasteiger partial charge >= 0.3 is 5.97 Å². The quantitative estimate of drug-likeness (QED) is 0.757. The van der Waals surface area contributed by atoms with Crippen molar-refractivity contribution in [3.05, 3.63) is 0 Å². The molecular weight excluding hydrogens is 234 g/mol. The second kappa shape index (κ2) is 5.69. The number of carboxylic acid groups (broad SMARTS) is 1. The van der Waals surface area contributed by atoms with Gasteiger partial charge in [-0.3, -0.25) is 9.59 Å². The molecule has 104 valence electrons. The van der Waals surface area contributed by atoms with E-state index in [4.69, 9.17) is 4.74 Å². The molecule has 1 atom stereocenters. The Bertz CT molecular complexity index is 317. The van der Waals surface area contributed by atoms with Gasteiger partial charge in [0.2, 0.25) is 0 Å². The Morgan fingerprint density at radius 3 is 2.33 bits per heavy atom. The summed E-state index contributed by atoms with van der Waals surface area (Å²) in [6.45, 7) is 3.77. The standard InChI is InChI=1S/C13H23NO4/c1-4-12(2,18-3)10(15)14-9-13(11(16)17)7-5-6-8-13/h4-9H2,1-3H3,(H,14,15)(H,16,17). The maximum Gasteiger partial charge on any atom is 0.311 e. The van der Waals surface area contributed by atoms with Gasteiger partial charge in [0.05, 0.1) is 5.41 Å². The summed E-state index contributed by atoms with van der Waals surface area (Å²) in [5.41, 5.74) is -1.66. The molecule has 2 N–H and O–H groups in total. The molecule has 0 bridgehead atoms. The number of hydrogen-bond acceptors (Lipinski definition) is 3. The Morgan fingerprint density at radius 1 is 1.39 bits per heavy atom. The molecule has 0 aromatic heterocycles. The molecule has 0 aromatic carbocycles. The fourth-order valence-electron chi connectivity index (χ4n) is 2.35. The normalized spacial score (nSPS) is 21.3. The maximum absolute atomic E-state index is 12.0. The fourth-order valence-corrected chi connectivity index (χ4v) is 2.35. The van der Waals surface area contributed by atoms with Crippen molar-refractivity contribution in [3.8, 4) is 0 Å². The van der Waals surface area contributed by atoms with Crippen molar-refractivity contribution >= 4 is 11.9 Å². The SMILES string of the molecule is CCC(C)(OC)C(=O)NCC1(C(=O)O)CCCC1. The molecule has 1 amide bonds. The van der Waals surface area contributed by atoms with Crippen molar-refractivity contribution in [3.63, 3.8) is 0 Å². The van der Waals surface area contributed by atoms with Gasteiger partial charge in [-0.1, -0.05) is 19.8 Å². The Balaban J connectivity index is 2.64. The highest BCUT2D eigenvalue weighted by Crippen LogP contribution is 2.37.